The second-order valence-electron chi connectivity index (χ2n) is 5.44. The Morgan fingerprint density at radius 2 is 2.13 bits per heavy atom. The lowest BCUT2D eigenvalue weighted by molar-refractivity contribution is -0.131. The Bertz CT molecular complexity index is 784. The van der Waals surface area contributed by atoms with E-state index in [1.165, 1.54) is 18.2 Å². The number of halogens is 2. The predicted molar refractivity (Wildman–Crippen MR) is 82.1 cm³/mol. The molecule has 2 aromatic rings. The van der Waals surface area contributed by atoms with Crippen LogP contribution in [-0.4, -0.2) is 21.8 Å². The van der Waals surface area contributed by atoms with Gasteiger partial charge in [-0.2, -0.15) is 0 Å². The first-order valence-corrected chi connectivity index (χ1v) is 7.28. The van der Waals surface area contributed by atoms with Gasteiger partial charge in [0.1, 0.15) is 11.4 Å². The summed E-state index contributed by atoms with van der Waals surface area (Å²) in [6.07, 6.45) is 3.20. The number of hydrogen-bond acceptors (Lipinski definition) is 3. The van der Waals surface area contributed by atoms with E-state index in [0.29, 0.717) is 5.56 Å². The van der Waals surface area contributed by atoms with Crippen molar-refractivity contribution in [3.63, 3.8) is 0 Å². The average molecular weight is 334 g/mol. The minimum absolute atomic E-state index is 0.100. The summed E-state index contributed by atoms with van der Waals surface area (Å²) < 4.78 is 13.3. The molecule has 1 fully saturated rings. The molecule has 1 N–H and O–H groups in total. The number of nitrogens with zero attached hydrogens (tertiary/aromatic N) is 2. The molecule has 1 saturated heterocycles. The molecule has 0 unspecified atom stereocenters. The van der Waals surface area contributed by atoms with Crippen molar-refractivity contribution in [2.45, 2.75) is 19.0 Å². The lowest BCUT2D eigenvalue weighted by Gasteiger charge is -2.22. The summed E-state index contributed by atoms with van der Waals surface area (Å²) in [7, 11) is 0. The number of rotatable bonds is 3. The molecule has 0 radical (unpaired) electrons. The monoisotopic (exact) mass is 333 g/mol. The number of benzene rings is 1. The summed E-state index contributed by atoms with van der Waals surface area (Å²) in [5, 5.41) is 2.55. The lowest BCUT2D eigenvalue weighted by Crippen LogP contribution is -2.40. The second kappa shape index (κ2) is 5.62. The number of carbonyl (C=O) groups is 2. The fourth-order valence-corrected chi connectivity index (χ4v) is 2.70. The highest BCUT2D eigenvalue weighted by atomic mass is 35.5. The van der Waals surface area contributed by atoms with E-state index in [9.17, 15) is 14.0 Å². The molecule has 1 aromatic heterocycles. The van der Waals surface area contributed by atoms with Gasteiger partial charge in [-0.3, -0.25) is 14.7 Å². The molecule has 1 aliphatic heterocycles. The first kappa shape index (κ1) is 15.4. The van der Waals surface area contributed by atoms with Gasteiger partial charge in [-0.25, -0.2) is 9.18 Å². The van der Waals surface area contributed by atoms with Crippen molar-refractivity contribution in [1.82, 2.24) is 15.2 Å². The van der Waals surface area contributed by atoms with Crippen molar-refractivity contribution in [1.29, 1.82) is 0 Å². The maximum Gasteiger partial charge on any atom is 0.325 e. The van der Waals surface area contributed by atoms with Crippen molar-refractivity contribution < 1.29 is 14.0 Å². The molecule has 0 bridgehead atoms. The number of pyridine rings is 1. The molecule has 0 saturated carbocycles. The van der Waals surface area contributed by atoms with Crippen molar-refractivity contribution in [2.24, 2.45) is 0 Å². The van der Waals surface area contributed by atoms with Crippen molar-refractivity contribution in [2.75, 3.05) is 0 Å². The minimum Gasteiger partial charge on any atom is -0.319 e. The van der Waals surface area contributed by atoms with E-state index in [0.717, 1.165) is 10.5 Å². The topological polar surface area (TPSA) is 62.3 Å². The van der Waals surface area contributed by atoms with Gasteiger partial charge in [-0.05, 0) is 36.2 Å². The van der Waals surface area contributed by atoms with Crippen LogP contribution in [0.15, 0.2) is 42.7 Å². The minimum atomic E-state index is -1.28. The third-order valence-electron chi connectivity index (χ3n) is 3.84. The number of aromatic nitrogens is 1. The maximum absolute atomic E-state index is 13.3. The summed E-state index contributed by atoms with van der Waals surface area (Å²) in [4.78, 5) is 30.0. The Balaban J connectivity index is 1.92. The van der Waals surface area contributed by atoms with E-state index in [-0.39, 0.29) is 11.6 Å². The fourth-order valence-electron chi connectivity index (χ4n) is 2.52. The number of nitrogens with one attached hydrogen (secondary N) is 1. The quantitative estimate of drug-likeness (QED) is 0.879. The molecule has 3 rings (SSSR count). The van der Waals surface area contributed by atoms with Crippen molar-refractivity contribution in [3.8, 4) is 0 Å². The van der Waals surface area contributed by atoms with Crippen LogP contribution in [-0.2, 0) is 16.9 Å². The molecular formula is C16H13ClFN3O2. The highest BCUT2D eigenvalue weighted by Gasteiger charge is 2.49. The van der Waals surface area contributed by atoms with Crippen LogP contribution in [0.5, 0.6) is 0 Å². The third-order valence-corrected chi connectivity index (χ3v) is 4.13. The van der Waals surface area contributed by atoms with Gasteiger partial charge in [-0.1, -0.05) is 23.7 Å². The smallest absolute Gasteiger partial charge is 0.319 e. The fraction of sp³-hybridized carbons (Fsp3) is 0.188. The van der Waals surface area contributed by atoms with Crippen LogP contribution in [0.4, 0.5) is 9.18 Å². The van der Waals surface area contributed by atoms with Gasteiger partial charge < -0.3 is 5.32 Å². The Morgan fingerprint density at radius 1 is 1.35 bits per heavy atom. The van der Waals surface area contributed by atoms with Gasteiger partial charge >= 0.3 is 6.03 Å². The maximum atomic E-state index is 13.3. The molecule has 2 heterocycles. The number of hydrogen-bond donors (Lipinski definition) is 1. The molecule has 1 atom stereocenters. The zero-order valence-corrected chi connectivity index (χ0v) is 13.0. The predicted octanol–water partition coefficient (Wildman–Crippen LogP) is 2.84. The van der Waals surface area contributed by atoms with Crippen LogP contribution >= 0.6 is 11.6 Å². The van der Waals surface area contributed by atoms with Crippen LogP contribution in [0.25, 0.3) is 0 Å². The van der Waals surface area contributed by atoms with E-state index in [1.807, 2.05) is 0 Å². The summed E-state index contributed by atoms with van der Waals surface area (Å²) in [5.41, 5.74) is -0.121. The Labute approximate surface area is 137 Å². The average Bonchev–Trinajstić information content (AvgIpc) is 2.75. The Morgan fingerprint density at radius 3 is 2.78 bits per heavy atom. The molecule has 0 spiro atoms. The van der Waals surface area contributed by atoms with Crippen LogP contribution < -0.4 is 5.32 Å². The molecule has 118 valence electrons. The van der Waals surface area contributed by atoms with E-state index in [4.69, 9.17) is 11.6 Å². The first-order chi connectivity index (χ1) is 10.9. The van der Waals surface area contributed by atoms with E-state index in [1.54, 1.807) is 31.5 Å². The molecule has 0 aliphatic carbocycles. The Kier molecular flexibility index (Phi) is 3.77. The molecule has 5 nitrogen and oxygen atoms in total. The summed E-state index contributed by atoms with van der Waals surface area (Å²) in [6.45, 7) is 1.68. The third kappa shape index (κ3) is 2.66. The second-order valence-corrected chi connectivity index (χ2v) is 5.84. The standard InChI is InChI=1S/C16H13ClFN3O2/c1-16(11-4-5-13(18)12(17)7-11)14(22)21(15(23)20-16)9-10-3-2-6-19-8-10/h2-8H,9H2,1H3,(H,20,23)/t16-/m1/s1. The van der Waals surface area contributed by atoms with E-state index in [2.05, 4.69) is 10.3 Å². The molecule has 1 aromatic carbocycles. The summed E-state index contributed by atoms with van der Waals surface area (Å²) in [5.74, 6) is -1.00. The van der Waals surface area contributed by atoms with Crippen LogP contribution in [0, 0.1) is 5.82 Å². The van der Waals surface area contributed by atoms with Gasteiger partial charge in [0, 0.05) is 12.4 Å². The zero-order valence-electron chi connectivity index (χ0n) is 12.2. The van der Waals surface area contributed by atoms with Crippen molar-refractivity contribution >= 4 is 23.5 Å². The molecule has 23 heavy (non-hydrogen) atoms. The van der Waals surface area contributed by atoms with Gasteiger partial charge in [0.15, 0.2) is 0 Å². The normalized spacial score (nSPS) is 20.7. The molecule has 7 heteroatoms. The summed E-state index contributed by atoms with van der Waals surface area (Å²) >= 11 is 5.78. The van der Waals surface area contributed by atoms with Gasteiger partial charge in [0.25, 0.3) is 5.91 Å². The first-order valence-electron chi connectivity index (χ1n) is 6.90. The number of amides is 3. The SMILES string of the molecule is C[C@]1(c2ccc(F)c(Cl)c2)NC(=O)N(Cc2cccnc2)C1=O. The largest absolute Gasteiger partial charge is 0.325 e. The Hall–Kier alpha value is -2.47. The van der Waals surface area contributed by atoms with E-state index < -0.39 is 23.3 Å². The van der Waals surface area contributed by atoms with Gasteiger partial charge in [0.05, 0.1) is 11.6 Å². The lowest BCUT2D eigenvalue weighted by atomic mass is 9.92. The molecule has 3 amide bonds. The van der Waals surface area contributed by atoms with Crippen LogP contribution in [0.3, 0.4) is 0 Å². The number of carbonyl (C=O) groups excluding carboxylic acids is 2. The molecule has 1 aliphatic rings. The van der Waals surface area contributed by atoms with E-state index >= 15 is 0 Å². The number of imide groups is 1. The highest BCUT2D eigenvalue weighted by molar-refractivity contribution is 6.30. The summed E-state index contributed by atoms with van der Waals surface area (Å²) in [6, 6.07) is 6.95. The van der Waals surface area contributed by atoms with Crippen LogP contribution in [0.1, 0.15) is 18.1 Å². The molecular weight excluding hydrogens is 321 g/mol. The van der Waals surface area contributed by atoms with Gasteiger partial charge in [0.2, 0.25) is 0 Å². The van der Waals surface area contributed by atoms with Crippen molar-refractivity contribution in [3.05, 3.63) is 64.7 Å². The highest BCUT2D eigenvalue weighted by Crippen LogP contribution is 2.31. The number of urea groups is 1. The zero-order chi connectivity index (χ0) is 16.6. The van der Waals surface area contributed by atoms with Crippen LogP contribution in [0.2, 0.25) is 5.02 Å². The van der Waals surface area contributed by atoms with Gasteiger partial charge in [-0.15, -0.1) is 0 Å².